The summed E-state index contributed by atoms with van der Waals surface area (Å²) in [5, 5.41) is 3.12. The molecule has 0 unspecified atom stereocenters. The van der Waals surface area contributed by atoms with E-state index in [2.05, 4.69) is 38.4 Å². The van der Waals surface area contributed by atoms with Crippen molar-refractivity contribution in [2.75, 3.05) is 7.05 Å². The van der Waals surface area contributed by atoms with Crippen molar-refractivity contribution in [1.82, 2.24) is 5.32 Å². The molecule has 0 aromatic heterocycles. The van der Waals surface area contributed by atoms with E-state index in [1.165, 1.54) is 36.8 Å². The Morgan fingerprint density at radius 2 is 1.62 bits per heavy atom. The standard InChI is InChI=1S/C12H23N/c1-5-8-11(7-3)12(9-6-2)10-13-4/h7,10,13H,5-6,8-9H2,1-4H3/b11-7-,12-10-. The molecule has 1 heteroatoms. The first-order chi connectivity index (χ1) is 6.29. The molecule has 0 aromatic carbocycles. The van der Waals surface area contributed by atoms with Gasteiger partial charge in [-0.3, -0.25) is 0 Å². The van der Waals surface area contributed by atoms with Crippen molar-refractivity contribution in [2.45, 2.75) is 46.5 Å². The molecule has 0 atom stereocenters. The molecule has 0 aromatic rings. The van der Waals surface area contributed by atoms with E-state index in [1.807, 2.05) is 7.05 Å². The first kappa shape index (κ1) is 12.3. The Morgan fingerprint density at radius 1 is 1.08 bits per heavy atom. The van der Waals surface area contributed by atoms with Crippen molar-refractivity contribution < 1.29 is 0 Å². The molecule has 0 spiro atoms. The highest BCUT2D eigenvalue weighted by atomic mass is 14.8. The average Bonchev–Trinajstić information content (AvgIpc) is 2.14. The minimum atomic E-state index is 1.18. The Kier molecular flexibility index (Phi) is 7.47. The number of rotatable bonds is 6. The second-order valence-corrected chi connectivity index (χ2v) is 3.27. The second-order valence-electron chi connectivity index (χ2n) is 3.27. The lowest BCUT2D eigenvalue weighted by molar-refractivity contribution is 0.839. The second kappa shape index (κ2) is 7.90. The van der Waals surface area contributed by atoms with E-state index < -0.39 is 0 Å². The van der Waals surface area contributed by atoms with Crippen LogP contribution in [0.4, 0.5) is 0 Å². The summed E-state index contributed by atoms with van der Waals surface area (Å²) in [6.07, 6.45) is 9.19. The summed E-state index contributed by atoms with van der Waals surface area (Å²) in [6, 6.07) is 0. The summed E-state index contributed by atoms with van der Waals surface area (Å²) in [6.45, 7) is 6.58. The van der Waals surface area contributed by atoms with Crippen molar-refractivity contribution >= 4 is 0 Å². The molecule has 0 amide bonds. The van der Waals surface area contributed by atoms with Gasteiger partial charge in [0, 0.05) is 7.05 Å². The maximum absolute atomic E-state index is 3.12. The van der Waals surface area contributed by atoms with Gasteiger partial charge in [-0.15, -0.1) is 0 Å². The van der Waals surface area contributed by atoms with Gasteiger partial charge in [0.1, 0.15) is 0 Å². The SMILES string of the molecule is C/C=C(CCC)\C(=C/NC)CCC. The highest BCUT2D eigenvalue weighted by Crippen LogP contribution is 2.19. The van der Waals surface area contributed by atoms with Crippen LogP contribution in [0.3, 0.4) is 0 Å². The van der Waals surface area contributed by atoms with Gasteiger partial charge < -0.3 is 5.32 Å². The fourth-order valence-corrected chi connectivity index (χ4v) is 1.53. The summed E-state index contributed by atoms with van der Waals surface area (Å²) in [5.41, 5.74) is 2.97. The smallest absolute Gasteiger partial charge is 0.00278 e. The van der Waals surface area contributed by atoms with Crippen molar-refractivity contribution in [3.05, 3.63) is 23.4 Å². The molecule has 13 heavy (non-hydrogen) atoms. The Bertz CT molecular complexity index is 178. The number of hydrogen-bond acceptors (Lipinski definition) is 1. The molecule has 0 rings (SSSR count). The summed E-state index contributed by atoms with van der Waals surface area (Å²) in [4.78, 5) is 0. The summed E-state index contributed by atoms with van der Waals surface area (Å²) in [7, 11) is 1.97. The predicted octanol–water partition coefficient (Wildman–Crippen LogP) is 3.64. The van der Waals surface area contributed by atoms with Crippen molar-refractivity contribution in [1.29, 1.82) is 0 Å². The van der Waals surface area contributed by atoms with Gasteiger partial charge in [-0.05, 0) is 37.1 Å². The molecule has 0 bridgehead atoms. The van der Waals surface area contributed by atoms with Crippen LogP contribution in [0.25, 0.3) is 0 Å². The predicted molar refractivity (Wildman–Crippen MR) is 60.7 cm³/mol. The third-order valence-corrected chi connectivity index (χ3v) is 2.12. The molecule has 0 saturated heterocycles. The molecule has 1 N–H and O–H groups in total. The summed E-state index contributed by atoms with van der Waals surface area (Å²) < 4.78 is 0. The molecular formula is C12H23N. The summed E-state index contributed by atoms with van der Waals surface area (Å²) >= 11 is 0. The molecule has 0 aliphatic carbocycles. The third-order valence-electron chi connectivity index (χ3n) is 2.12. The highest BCUT2D eigenvalue weighted by Gasteiger charge is 2.01. The fraction of sp³-hybridized carbons (Fsp3) is 0.667. The van der Waals surface area contributed by atoms with Crippen LogP contribution in [0, 0.1) is 0 Å². The van der Waals surface area contributed by atoms with E-state index >= 15 is 0 Å². The van der Waals surface area contributed by atoms with Gasteiger partial charge >= 0.3 is 0 Å². The van der Waals surface area contributed by atoms with E-state index in [0.717, 1.165) is 0 Å². The molecule has 76 valence electrons. The van der Waals surface area contributed by atoms with E-state index in [1.54, 1.807) is 0 Å². The third kappa shape index (κ3) is 4.76. The van der Waals surface area contributed by atoms with Gasteiger partial charge in [0.05, 0.1) is 0 Å². The first-order valence-corrected chi connectivity index (χ1v) is 5.31. The van der Waals surface area contributed by atoms with Crippen LogP contribution in [0.15, 0.2) is 23.4 Å². The van der Waals surface area contributed by atoms with Gasteiger partial charge in [0.2, 0.25) is 0 Å². The Balaban J connectivity index is 4.40. The molecule has 0 radical (unpaired) electrons. The van der Waals surface area contributed by atoms with E-state index in [-0.39, 0.29) is 0 Å². The van der Waals surface area contributed by atoms with Gasteiger partial charge in [0.15, 0.2) is 0 Å². The van der Waals surface area contributed by atoms with E-state index in [4.69, 9.17) is 0 Å². The lowest BCUT2D eigenvalue weighted by Gasteiger charge is -2.10. The normalized spacial score (nSPS) is 13.2. The Morgan fingerprint density at radius 3 is 2.00 bits per heavy atom. The molecule has 0 saturated carbocycles. The molecule has 0 aliphatic heterocycles. The van der Waals surface area contributed by atoms with Crippen LogP contribution >= 0.6 is 0 Å². The lowest BCUT2D eigenvalue weighted by Crippen LogP contribution is -1.99. The van der Waals surface area contributed by atoms with Crippen LogP contribution in [-0.2, 0) is 0 Å². The van der Waals surface area contributed by atoms with E-state index in [0.29, 0.717) is 0 Å². The Hall–Kier alpha value is -0.720. The zero-order valence-corrected chi connectivity index (χ0v) is 9.48. The first-order valence-electron chi connectivity index (χ1n) is 5.31. The molecular weight excluding hydrogens is 158 g/mol. The zero-order chi connectivity index (χ0) is 10.1. The monoisotopic (exact) mass is 181 g/mol. The molecule has 0 heterocycles. The van der Waals surface area contributed by atoms with Crippen molar-refractivity contribution in [3.63, 3.8) is 0 Å². The van der Waals surface area contributed by atoms with Crippen molar-refractivity contribution in [2.24, 2.45) is 0 Å². The lowest BCUT2D eigenvalue weighted by atomic mass is 9.98. The van der Waals surface area contributed by atoms with Crippen LogP contribution in [0.5, 0.6) is 0 Å². The number of allylic oxidation sites excluding steroid dienone is 3. The topological polar surface area (TPSA) is 12.0 Å². The Labute approximate surface area is 82.9 Å². The maximum atomic E-state index is 3.12. The minimum Gasteiger partial charge on any atom is -0.394 e. The quantitative estimate of drug-likeness (QED) is 0.617. The van der Waals surface area contributed by atoms with Crippen molar-refractivity contribution in [3.8, 4) is 0 Å². The van der Waals surface area contributed by atoms with Crippen LogP contribution in [0.2, 0.25) is 0 Å². The van der Waals surface area contributed by atoms with Gasteiger partial charge in [-0.25, -0.2) is 0 Å². The highest BCUT2D eigenvalue weighted by molar-refractivity contribution is 5.29. The fourth-order valence-electron chi connectivity index (χ4n) is 1.53. The average molecular weight is 181 g/mol. The summed E-state index contributed by atoms with van der Waals surface area (Å²) in [5.74, 6) is 0. The zero-order valence-electron chi connectivity index (χ0n) is 9.48. The van der Waals surface area contributed by atoms with Gasteiger partial charge in [-0.1, -0.05) is 32.8 Å². The largest absolute Gasteiger partial charge is 0.394 e. The minimum absolute atomic E-state index is 1.18. The van der Waals surface area contributed by atoms with Crippen LogP contribution < -0.4 is 5.32 Å². The number of hydrogen-bond donors (Lipinski definition) is 1. The maximum Gasteiger partial charge on any atom is 0.00278 e. The molecule has 0 aliphatic rings. The van der Waals surface area contributed by atoms with Crippen LogP contribution in [-0.4, -0.2) is 7.05 Å². The van der Waals surface area contributed by atoms with Gasteiger partial charge in [0.25, 0.3) is 0 Å². The van der Waals surface area contributed by atoms with E-state index in [9.17, 15) is 0 Å². The molecule has 1 nitrogen and oxygen atoms in total. The van der Waals surface area contributed by atoms with Crippen LogP contribution in [0.1, 0.15) is 46.5 Å². The van der Waals surface area contributed by atoms with Gasteiger partial charge in [-0.2, -0.15) is 0 Å². The molecule has 0 fully saturated rings. The number of nitrogens with one attached hydrogen (secondary N) is 1.